The predicted octanol–water partition coefficient (Wildman–Crippen LogP) is 4.62. The summed E-state index contributed by atoms with van der Waals surface area (Å²) in [6, 6.07) is 15.8. The molecule has 0 fully saturated rings. The molecule has 0 unspecified atom stereocenters. The number of esters is 1. The molecule has 0 spiro atoms. The van der Waals surface area contributed by atoms with Crippen LogP contribution < -0.4 is 4.74 Å². The van der Waals surface area contributed by atoms with E-state index in [9.17, 15) is 4.79 Å². The maximum absolute atomic E-state index is 12.3. The van der Waals surface area contributed by atoms with E-state index in [1.54, 1.807) is 18.7 Å². The Morgan fingerprint density at radius 1 is 1.14 bits per heavy atom. The zero-order chi connectivity index (χ0) is 19.9. The number of methoxy groups -OCH3 is 1. The standard InChI is InChI=1S/C20H20BrN3O3S/c1-3-27-20(25)18-19(28-17-10-6-15(21)7-11-17)24(23-22-18)13-12-14-4-8-16(26-2)9-5-14/h4-11H,3,12-13H2,1-2H3. The van der Waals surface area contributed by atoms with Crippen LogP contribution in [0.3, 0.4) is 0 Å². The highest BCUT2D eigenvalue weighted by Crippen LogP contribution is 2.31. The van der Waals surface area contributed by atoms with Crippen LogP contribution in [0.25, 0.3) is 0 Å². The van der Waals surface area contributed by atoms with Crippen LogP contribution in [0.5, 0.6) is 5.75 Å². The molecule has 0 saturated carbocycles. The third-order valence-corrected chi connectivity index (χ3v) is 5.59. The van der Waals surface area contributed by atoms with Crippen molar-refractivity contribution in [2.24, 2.45) is 0 Å². The smallest absolute Gasteiger partial charge is 0.361 e. The largest absolute Gasteiger partial charge is 0.497 e. The van der Waals surface area contributed by atoms with Crippen LogP contribution in [0.15, 0.2) is 62.9 Å². The number of halogens is 1. The number of rotatable bonds is 8. The van der Waals surface area contributed by atoms with Gasteiger partial charge in [0, 0.05) is 15.9 Å². The van der Waals surface area contributed by atoms with Crippen LogP contribution in [-0.4, -0.2) is 34.7 Å². The number of nitrogens with zero attached hydrogens (tertiary/aromatic N) is 3. The first kappa shape index (κ1) is 20.4. The van der Waals surface area contributed by atoms with Gasteiger partial charge in [0.05, 0.1) is 13.7 Å². The summed E-state index contributed by atoms with van der Waals surface area (Å²) in [5.41, 5.74) is 1.39. The van der Waals surface area contributed by atoms with Gasteiger partial charge < -0.3 is 9.47 Å². The lowest BCUT2D eigenvalue weighted by Gasteiger charge is -2.08. The summed E-state index contributed by atoms with van der Waals surface area (Å²) in [6.07, 6.45) is 0.753. The Bertz CT molecular complexity index is 927. The topological polar surface area (TPSA) is 66.2 Å². The van der Waals surface area contributed by atoms with Gasteiger partial charge in [0.1, 0.15) is 10.8 Å². The van der Waals surface area contributed by atoms with Crippen LogP contribution >= 0.6 is 27.7 Å². The van der Waals surface area contributed by atoms with Crippen LogP contribution in [0, 0.1) is 0 Å². The SMILES string of the molecule is CCOC(=O)c1nnn(CCc2ccc(OC)cc2)c1Sc1ccc(Br)cc1. The van der Waals surface area contributed by atoms with Crippen molar-refractivity contribution in [2.45, 2.75) is 29.8 Å². The van der Waals surface area contributed by atoms with Gasteiger partial charge in [0.25, 0.3) is 0 Å². The number of aromatic nitrogens is 3. The molecule has 0 aliphatic carbocycles. The fraction of sp³-hybridized carbons (Fsp3) is 0.250. The second kappa shape index (κ2) is 9.75. The molecule has 3 rings (SSSR count). The van der Waals surface area contributed by atoms with Crippen LogP contribution in [0.1, 0.15) is 23.0 Å². The summed E-state index contributed by atoms with van der Waals surface area (Å²) < 4.78 is 13.1. The van der Waals surface area contributed by atoms with Crippen molar-refractivity contribution in [3.05, 3.63) is 64.3 Å². The summed E-state index contributed by atoms with van der Waals surface area (Å²) in [7, 11) is 1.65. The average molecular weight is 462 g/mol. The zero-order valence-corrected chi connectivity index (χ0v) is 18.0. The number of aryl methyl sites for hydroxylation is 2. The average Bonchev–Trinajstić information content (AvgIpc) is 3.11. The lowest BCUT2D eigenvalue weighted by Crippen LogP contribution is -2.09. The Morgan fingerprint density at radius 3 is 2.50 bits per heavy atom. The second-order valence-corrected chi connectivity index (χ2v) is 7.82. The van der Waals surface area contributed by atoms with Crippen molar-refractivity contribution in [1.82, 2.24) is 15.0 Å². The van der Waals surface area contributed by atoms with Gasteiger partial charge in [-0.15, -0.1) is 5.10 Å². The molecule has 0 saturated heterocycles. The highest BCUT2D eigenvalue weighted by Gasteiger charge is 2.22. The van der Waals surface area contributed by atoms with Gasteiger partial charge in [-0.25, -0.2) is 9.48 Å². The van der Waals surface area contributed by atoms with Crippen LogP contribution in [0.4, 0.5) is 0 Å². The van der Waals surface area contributed by atoms with Crippen molar-refractivity contribution in [3.63, 3.8) is 0 Å². The minimum atomic E-state index is -0.460. The Balaban J connectivity index is 1.82. The first-order valence-electron chi connectivity index (χ1n) is 8.77. The molecule has 1 heterocycles. The summed E-state index contributed by atoms with van der Waals surface area (Å²) >= 11 is 4.88. The molecule has 146 valence electrons. The molecule has 0 aliphatic rings. The molecule has 0 atom stereocenters. The normalized spacial score (nSPS) is 10.7. The Labute approximate surface area is 176 Å². The molecule has 1 aromatic heterocycles. The third kappa shape index (κ3) is 5.14. The fourth-order valence-corrected chi connectivity index (χ4v) is 3.73. The van der Waals surface area contributed by atoms with E-state index in [4.69, 9.17) is 9.47 Å². The quantitative estimate of drug-likeness (QED) is 0.456. The molecule has 0 N–H and O–H groups in total. The number of ether oxygens (including phenoxy) is 2. The molecular formula is C20H20BrN3O3S. The van der Waals surface area contributed by atoms with E-state index in [0.717, 1.165) is 27.1 Å². The molecule has 2 aromatic carbocycles. The van der Waals surface area contributed by atoms with Crippen LogP contribution in [0.2, 0.25) is 0 Å². The maximum Gasteiger partial charge on any atom is 0.361 e. The summed E-state index contributed by atoms with van der Waals surface area (Å²) in [6.45, 7) is 2.66. The summed E-state index contributed by atoms with van der Waals surface area (Å²) in [5.74, 6) is 0.360. The van der Waals surface area contributed by atoms with E-state index >= 15 is 0 Å². The van der Waals surface area contributed by atoms with E-state index in [1.165, 1.54) is 11.8 Å². The van der Waals surface area contributed by atoms with E-state index in [1.807, 2.05) is 48.5 Å². The molecule has 0 aliphatic heterocycles. The molecule has 0 amide bonds. The zero-order valence-electron chi connectivity index (χ0n) is 15.6. The van der Waals surface area contributed by atoms with Gasteiger partial charge in [0.2, 0.25) is 5.69 Å². The first-order valence-corrected chi connectivity index (χ1v) is 10.4. The molecule has 6 nitrogen and oxygen atoms in total. The third-order valence-electron chi connectivity index (χ3n) is 3.96. The highest BCUT2D eigenvalue weighted by molar-refractivity contribution is 9.10. The van der Waals surface area contributed by atoms with E-state index in [-0.39, 0.29) is 5.69 Å². The van der Waals surface area contributed by atoms with Gasteiger partial charge in [-0.2, -0.15) is 0 Å². The van der Waals surface area contributed by atoms with E-state index in [2.05, 4.69) is 26.2 Å². The minimum Gasteiger partial charge on any atom is -0.497 e. The van der Waals surface area contributed by atoms with Gasteiger partial charge in [-0.05, 0) is 55.3 Å². The van der Waals surface area contributed by atoms with Gasteiger partial charge in [0.15, 0.2) is 0 Å². The van der Waals surface area contributed by atoms with E-state index < -0.39 is 5.97 Å². The first-order chi connectivity index (χ1) is 13.6. The molecule has 0 radical (unpaired) electrons. The van der Waals surface area contributed by atoms with Gasteiger partial charge in [-0.3, -0.25) is 0 Å². The number of hydrogen-bond acceptors (Lipinski definition) is 6. The predicted molar refractivity (Wildman–Crippen MR) is 111 cm³/mol. The molecule has 28 heavy (non-hydrogen) atoms. The molecule has 0 bridgehead atoms. The summed E-state index contributed by atoms with van der Waals surface area (Å²) in [4.78, 5) is 13.3. The molecule has 3 aromatic rings. The lowest BCUT2D eigenvalue weighted by atomic mass is 10.1. The number of hydrogen-bond donors (Lipinski definition) is 0. The van der Waals surface area contributed by atoms with Crippen molar-refractivity contribution in [1.29, 1.82) is 0 Å². The van der Waals surface area contributed by atoms with Crippen molar-refractivity contribution in [3.8, 4) is 5.75 Å². The monoisotopic (exact) mass is 461 g/mol. The Morgan fingerprint density at radius 2 is 1.86 bits per heavy atom. The maximum atomic E-state index is 12.3. The van der Waals surface area contributed by atoms with Crippen molar-refractivity contribution in [2.75, 3.05) is 13.7 Å². The summed E-state index contributed by atoms with van der Waals surface area (Å²) in [5, 5.41) is 8.94. The van der Waals surface area contributed by atoms with Crippen LogP contribution in [-0.2, 0) is 17.7 Å². The van der Waals surface area contributed by atoms with Gasteiger partial charge >= 0.3 is 5.97 Å². The van der Waals surface area contributed by atoms with Gasteiger partial charge in [-0.1, -0.05) is 45.0 Å². The Hall–Kier alpha value is -2.32. The lowest BCUT2D eigenvalue weighted by molar-refractivity contribution is 0.0515. The minimum absolute atomic E-state index is 0.240. The molecule has 8 heteroatoms. The number of carbonyl (C=O) groups is 1. The van der Waals surface area contributed by atoms with Crippen molar-refractivity contribution >= 4 is 33.7 Å². The van der Waals surface area contributed by atoms with E-state index in [0.29, 0.717) is 18.2 Å². The number of benzene rings is 2. The van der Waals surface area contributed by atoms with Crippen molar-refractivity contribution < 1.29 is 14.3 Å². The number of carbonyl (C=O) groups excluding carboxylic acids is 1. The highest BCUT2D eigenvalue weighted by atomic mass is 79.9. The second-order valence-electron chi connectivity index (χ2n) is 5.84. The molecular weight excluding hydrogens is 442 g/mol. The Kier molecular flexibility index (Phi) is 7.11. The fourth-order valence-electron chi connectivity index (χ4n) is 2.52.